The molecule has 0 bridgehead atoms. The molecule has 0 amide bonds. The molecule has 6 aromatic rings. The van der Waals surface area contributed by atoms with E-state index in [1.165, 1.54) is 22.4 Å². The maximum absolute atomic E-state index is 6.54. The number of aromatic nitrogens is 2. The summed E-state index contributed by atoms with van der Waals surface area (Å²) in [5.41, 5.74) is 11.7. The van der Waals surface area contributed by atoms with Gasteiger partial charge in [0.2, 0.25) is 0 Å². The molecule has 9 rings (SSSR count). The van der Waals surface area contributed by atoms with E-state index in [4.69, 9.17) is 14.6 Å². The Kier molecular flexibility index (Phi) is 6.90. The Bertz CT molecular complexity index is 2220. The van der Waals surface area contributed by atoms with Crippen LogP contribution >= 0.6 is 0 Å². The molecule has 0 aliphatic carbocycles. The largest absolute Gasteiger partial charge is 0.458 e. The van der Waals surface area contributed by atoms with Crippen molar-refractivity contribution in [1.82, 2.24) is 9.78 Å². The summed E-state index contributed by atoms with van der Waals surface area (Å²) >= 11 is 0. The van der Waals surface area contributed by atoms with Crippen molar-refractivity contribution in [2.75, 3.05) is 16.5 Å². The third-order valence-electron chi connectivity index (χ3n) is 10.0. The molecule has 7 heteroatoms. The number of para-hydroxylation sites is 1. The van der Waals surface area contributed by atoms with Crippen molar-refractivity contribution >= 4 is 34.5 Å². The predicted molar refractivity (Wildman–Crippen MR) is 200 cm³/mol. The highest BCUT2D eigenvalue weighted by Crippen LogP contribution is 2.38. The van der Waals surface area contributed by atoms with Crippen molar-refractivity contribution in [1.29, 1.82) is 0 Å². The topological polar surface area (TPSA) is 42.8 Å². The van der Waals surface area contributed by atoms with Crippen molar-refractivity contribution in [2.24, 2.45) is 0 Å². The van der Waals surface area contributed by atoms with Crippen molar-refractivity contribution < 1.29 is 9.47 Å². The molecule has 4 heterocycles. The van der Waals surface area contributed by atoms with E-state index in [1.807, 2.05) is 35.1 Å². The lowest BCUT2D eigenvalue weighted by Gasteiger charge is -2.33. The lowest BCUT2D eigenvalue weighted by Crippen LogP contribution is -2.57. The van der Waals surface area contributed by atoms with Crippen molar-refractivity contribution in [3.63, 3.8) is 0 Å². The molecule has 0 atom stereocenters. The third-order valence-corrected chi connectivity index (χ3v) is 10.0. The highest BCUT2D eigenvalue weighted by atomic mass is 16.5. The molecule has 3 aliphatic heterocycles. The molecule has 0 fully saturated rings. The number of ether oxygens (including phenoxy) is 2. The Morgan fingerprint density at radius 3 is 1.86 bits per heavy atom. The Balaban J connectivity index is 1.12. The van der Waals surface area contributed by atoms with Crippen LogP contribution in [-0.4, -0.2) is 23.2 Å². The van der Waals surface area contributed by atoms with Gasteiger partial charge in [-0.1, -0.05) is 70.2 Å². The lowest BCUT2D eigenvalue weighted by atomic mass is 9.35. The zero-order valence-corrected chi connectivity index (χ0v) is 28.2. The van der Waals surface area contributed by atoms with Gasteiger partial charge >= 0.3 is 0 Å². The summed E-state index contributed by atoms with van der Waals surface area (Å²) < 4.78 is 15.1. The van der Waals surface area contributed by atoms with Crippen LogP contribution in [0.3, 0.4) is 0 Å². The minimum absolute atomic E-state index is 0.0559. The Labute approximate surface area is 287 Å². The molecule has 0 radical (unpaired) electrons. The lowest BCUT2D eigenvalue weighted by molar-refractivity contribution is 0.464. The van der Waals surface area contributed by atoms with Crippen LogP contribution in [0.2, 0.25) is 0 Å². The molecule has 0 N–H and O–H groups in total. The second-order valence-electron chi connectivity index (χ2n) is 13.8. The SMILES string of the molecule is CC(C)c1cccc(C(C)C)c1-c1cnn(-c2ccc3c(c2)B2c4cc(N5C=CN(c6ccccc6)C5)ccc4Oc4cccc(c42)O3)c1. The second-order valence-corrected chi connectivity index (χ2v) is 13.8. The van der Waals surface area contributed by atoms with Gasteiger partial charge in [-0.05, 0) is 100 Å². The van der Waals surface area contributed by atoms with E-state index in [0.717, 1.165) is 63.0 Å². The molecule has 3 aliphatic rings. The van der Waals surface area contributed by atoms with Crippen LogP contribution in [0.1, 0.15) is 50.7 Å². The zero-order chi connectivity index (χ0) is 33.2. The third kappa shape index (κ3) is 4.91. The first kappa shape index (κ1) is 29.5. The minimum atomic E-state index is -0.0559. The van der Waals surface area contributed by atoms with Gasteiger partial charge < -0.3 is 19.3 Å². The van der Waals surface area contributed by atoms with Gasteiger partial charge in [-0.3, -0.25) is 0 Å². The minimum Gasteiger partial charge on any atom is -0.458 e. The number of benzene rings is 5. The summed E-state index contributed by atoms with van der Waals surface area (Å²) in [7, 11) is 0. The monoisotopic (exact) mass is 640 g/mol. The first-order valence-electron chi connectivity index (χ1n) is 17.1. The number of rotatable bonds is 6. The molecule has 0 saturated heterocycles. The van der Waals surface area contributed by atoms with Gasteiger partial charge in [0.1, 0.15) is 23.0 Å². The molecule has 0 saturated carbocycles. The van der Waals surface area contributed by atoms with E-state index in [0.29, 0.717) is 11.8 Å². The molecular weight excluding hydrogens is 603 g/mol. The first-order chi connectivity index (χ1) is 23.9. The van der Waals surface area contributed by atoms with Gasteiger partial charge in [0.05, 0.1) is 18.6 Å². The van der Waals surface area contributed by atoms with E-state index in [-0.39, 0.29) is 6.71 Å². The Morgan fingerprint density at radius 1 is 0.612 bits per heavy atom. The summed E-state index contributed by atoms with van der Waals surface area (Å²) in [6.45, 7) is 9.73. The van der Waals surface area contributed by atoms with Crippen LogP contribution in [0.25, 0.3) is 16.8 Å². The maximum atomic E-state index is 6.54. The average molecular weight is 641 g/mol. The maximum Gasteiger partial charge on any atom is 0.260 e. The number of fused-ring (bicyclic) bond motifs is 4. The summed E-state index contributed by atoms with van der Waals surface area (Å²) in [6.07, 6.45) is 8.46. The number of hydrogen-bond donors (Lipinski definition) is 0. The fourth-order valence-electron chi connectivity index (χ4n) is 7.58. The zero-order valence-electron chi connectivity index (χ0n) is 28.2. The Morgan fingerprint density at radius 2 is 1.20 bits per heavy atom. The first-order valence-corrected chi connectivity index (χ1v) is 17.1. The fraction of sp³-hybridized carbons (Fsp3) is 0.167. The summed E-state index contributed by atoms with van der Waals surface area (Å²) in [6, 6.07) is 36.2. The van der Waals surface area contributed by atoms with Crippen LogP contribution in [0.4, 0.5) is 11.4 Å². The van der Waals surface area contributed by atoms with Gasteiger partial charge in [0, 0.05) is 41.0 Å². The molecule has 0 unspecified atom stereocenters. The van der Waals surface area contributed by atoms with Gasteiger partial charge in [-0.15, -0.1) is 0 Å². The summed E-state index contributed by atoms with van der Waals surface area (Å²) in [4.78, 5) is 4.53. The summed E-state index contributed by atoms with van der Waals surface area (Å²) in [5.74, 6) is 4.21. The number of nitrogens with zero attached hydrogens (tertiary/aromatic N) is 4. The Hall–Kier alpha value is -5.69. The normalized spacial score (nSPS) is 14.1. The van der Waals surface area contributed by atoms with Gasteiger partial charge in [0.15, 0.2) is 0 Å². The quantitative estimate of drug-likeness (QED) is 0.171. The molecular formula is C42H37BN4O2. The van der Waals surface area contributed by atoms with Crippen molar-refractivity contribution in [3.8, 4) is 39.8 Å². The number of anilines is 2. The van der Waals surface area contributed by atoms with Crippen LogP contribution < -0.4 is 35.7 Å². The van der Waals surface area contributed by atoms with Crippen LogP contribution in [0.15, 0.2) is 128 Å². The van der Waals surface area contributed by atoms with E-state index in [1.54, 1.807) is 0 Å². The molecule has 5 aromatic carbocycles. The molecule has 6 nitrogen and oxygen atoms in total. The average Bonchev–Trinajstić information content (AvgIpc) is 3.83. The second kappa shape index (κ2) is 11.5. The van der Waals surface area contributed by atoms with Crippen LogP contribution in [0, 0.1) is 0 Å². The van der Waals surface area contributed by atoms with Crippen LogP contribution in [0.5, 0.6) is 23.0 Å². The summed E-state index contributed by atoms with van der Waals surface area (Å²) in [5, 5.41) is 4.91. The van der Waals surface area contributed by atoms with E-state index < -0.39 is 0 Å². The highest BCUT2D eigenvalue weighted by Gasteiger charge is 2.40. The predicted octanol–water partition coefficient (Wildman–Crippen LogP) is 8.27. The van der Waals surface area contributed by atoms with Gasteiger partial charge in [0.25, 0.3) is 6.71 Å². The van der Waals surface area contributed by atoms with Gasteiger partial charge in [-0.2, -0.15) is 5.10 Å². The van der Waals surface area contributed by atoms with Gasteiger partial charge in [-0.25, -0.2) is 4.68 Å². The highest BCUT2D eigenvalue weighted by molar-refractivity contribution is 6.98. The van der Waals surface area contributed by atoms with E-state index >= 15 is 0 Å². The smallest absolute Gasteiger partial charge is 0.260 e. The molecule has 240 valence electrons. The van der Waals surface area contributed by atoms with E-state index in [9.17, 15) is 0 Å². The van der Waals surface area contributed by atoms with Crippen molar-refractivity contribution in [3.05, 3.63) is 139 Å². The fourth-order valence-corrected chi connectivity index (χ4v) is 7.58. The number of hydrogen-bond acceptors (Lipinski definition) is 5. The standard InChI is InChI=1S/C42H37BN4O2/c1-27(2)33-12-8-13-34(28(3)4)41(33)29-24-44-47(25-29)32-17-19-38-36(23-32)43-35-22-31(46-21-20-45(26-46)30-10-6-5-7-11-30)16-18-37(35)48-39-14-9-15-40(49-38)42(39)43/h5-25,27-28H,26H2,1-4H3. The van der Waals surface area contributed by atoms with E-state index in [2.05, 4.69) is 135 Å². The molecule has 49 heavy (non-hydrogen) atoms. The van der Waals surface area contributed by atoms with Crippen molar-refractivity contribution in [2.45, 2.75) is 39.5 Å². The van der Waals surface area contributed by atoms with Crippen LogP contribution in [-0.2, 0) is 0 Å². The molecule has 1 aromatic heterocycles. The molecule has 0 spiro atoms.